The average Bonchev–Trinajstić information content (AvgIpc) is 2.11. The topological polar surface area (TPSA) is 44.4 Å². The number of hydrogen-bond donors (Lipinski definition) is 2. The zero-order chi connectivity index (χ0) is 11.8. The van der Waals surface area contributed by atoms with Gasteiger partial charge in [0, 0.05) is 6.54 Å². The largest absolute Gasteiger partial charge is 0.355 e. The van der Waals surface area contributed by atoms with E-state index >= 15 is 0 Å². The molecule has 0 spiro atoms. The van der Waals surface area contributed by atoms with Crippen LogP contribution >= 0.6 is 0 Å². The molecule has 1 amide bonds. The van der Waals surface area contributed by atoms with Crippen LogP contribution < -0.4 is 10.6 Å². The number of carbonyl (C=O) groups excluding carboxylic acids is 1. The highest BCUT2D eigenvalue weighted by Crippen LogP contribution is 2.07. The van der Waals surface area contributed by atoms with Crippen LogP contribution in [0.2, 0.25) is 0 Å². The second-order valence-corrected chi connectivity index (χ2v) is 4.40. The molecule has 0 aliphatic carbocycles. The Labute approximate surface area is 93.4 Å². The molecule has 2 N–H and O–H groups in total. The Morgan fingerprint density at radius 2 is 1.87 bits per heavy atom. The minimum absolute atomic E-state index is 0.0282. The summed E-state index contributed by atoms with van der Waals surface area (Å²) in [7, 11) is 5.80. The van der Waals surface area contributed by atoms with Crippen LogP contribution in [0, 0.1) is 5.92 Å². The first kappa shape index (κ1) is 14.4. The van der Waals surface area contributed by atoms with Crippen LogP contribution in [0.25, 0.3) is 0 Å². The summed E-state index contributed by atoms with van der Waals surface area (Å²) in [6, 6.07) is -0.0282. The SMILES string of the molecule is CNCCCNC(=O)C(C(C)C)N(C)C. The molecule has 0 aromatic carbocycles. The van der Waals surface area contributed by atoms with E-state index in [1.165, 1.54) is 0 Å². The maximum Gasteiger partial charge on any atom is 0.237 e. The summed E-state index contributed by atoms with van der Waals surface area (Å²) in [5.74, 6) is 0.468. The standard InChI is InChI=1S/C11H25N3O/c1-9(2)10(14(4)5)11(15)13-8-6-7-12-3/h9-10,12H,6-8H2,1-5H3,(H,13,15). The Hall–Kier alpha value is -0.610. The Kier molecular flexibility index (Phi) is 7.34. The molecular formula is C11H25N3O. The summed E-state index contributed by atoms with van der Waals surface area (Å²) < 4.78 is 0. The number of hydrogen-bond acceptors (Lipinski definition) is 3. The van der Waals surface area contributed by atoms with Gasteiger partial charge in [0.1, 0.15) is 0 Å². The van der Waals surface area contributed by atoms with Crippen molar-refractivity contribution in [3.63, 3.8) is 0 Å². The number of amides is 1. The third-order valence-electron chi connectivity index (χ3n) is 2.36. The Bertz CT molecular complexity index is 173. The molecule has 0 radical (unpaired) electrons. The smallest absolute Gasteiger partial charge is 0.237 e. The Morgan fingerprint density at radius 1 is 1.27 bits per heavy atom. The van der Waals surface area contributed by atoms with Crippen molar-refractivity contribution in [1.82, 2.24) is 15.5 Å². The van der Waals surface area contributed by atoms with Crippen LogP contribution in [0.5, 0.6) is 0 Å². The molecule has 0 aliphatic heterocycles. The first-order valence-corrected chi connectivity index (χ1v) is 5.59. The molecule has 1 unspecified atom stereocenters. The quantitative estimate of drug-likeness (QED) is 0.600. The summed E-state index contributed by atoms with van der Waals surface area (Å²) in [6.07, 6.45) is 0.973. The van der Waals surface area contributed by atoms with E-state index < -0.39 is 0 Å². The van der Waals surface area contributed by atoms with Gasteiger partial charge in [-0.25, -0.2) is 0 Å². The van der Waals surface area contributed by atoms with E-state index in [4.69, 9.17) is 0 Å². The van der Waals surface area contributed by atoms with Gasteiger partial charge < -0.3 is 10.6 Å². The van der Waals surface area contributed by atoms with E-state index in [0.717, 1.165) is 19.5 Å². The molecule has 0 fully saturated rings. The lowest BCUT2D eigenvalue weighted by Crippen LogP contribution is -2.47. The van der Waals surface area contributed by atoms with Crippen LogP contribution in [-0.4, -0.2) is 51.1 Å². The minimum atomic E-state index is -0.0282. The molecule has 0 aromatic heterocycles. The molecule has 0 rings (SSSR count). The van der Waals surface area contributed by atoms with Crippen molar-refractivity contribution in [3.8, 4) is 0 Å². The predicted molar refractivity (Wildman–Crippen MR) is 63.9 cm³/mol. The van der Waals surface area contributed by atoms with Gasteiger partial charge in [0.05, 0.1) is 6.04 Å². The summed E-state index contributed by atoms with van der Waals surface area (Å²) in [4.78, 5) is 13.8. The van der Waals surface area contributed by atoms with E-state index in [0.29, 0.717) is 5.92 Å². The lowest BCUT2D eigenvalue weighted by Gasteiger charge is -2.26. The lowest BCUT2D eigenvalue weighted by molar-refractivity contribution is -0.126. The second-order valence-electron chi connectivity index (χ2n) is 4.40. The molecule has 0 bridgehead atoms. The summed E-state index contributed by atoms with van der Waals surface area (Å²) in [5, 5.41) is 6.01. The zero-order valence-electron chi connectivity index (χ0n) is 10.6. The van der Waals surface area contributed by atoms with Gasteiger partial charge >= 0.3 is 0 Å². The van der Waals surface area contributed by atoms with Crippen LogP contribution in [0.1, 0.15) is 20.3 Å². The number of rotatable bonds is 7. The van der Waals surface area contributed by atoms with Crippen molar-refractivity contribution in [3.05, 3.63) is 0 Å². The first-order valence-electron chi connectivity index (χ1n) is 5.59. The molecule has 0 saturated carbocycles. The molecule has 1 atom stereocenters. The van der Waals surface area contributed by atoms with E-state index in [9.17, 15) is 4.79 Å². The maximum atomic E-state index is 11.8. The van der Waals surface area contributed by atoms with Gasteiger partial charge in [0.15, 0.2) is 0 Å². The average molecular weight is 215 g/mol. The molecule has 0 saturated heterocycles. The molecule has 0 aliphatic rings. The number of nitrogens with one attached hydrogen (secondary N) is 2. The van der Waals surface area contributed by atoms with Gasteiger partial charge in [0.25, 0.3) is 0 Å². The van der Waals surface area contributed by atoms with Gasteiger partial charge in [-0.05, 0) is 40.0 Å². The number of nitrogens with zero attached hydrogens (tertiary/aromatic N) is 1. The van der Waals surface area contributed by atoms with Gasteiger partial charge in [-0.3, -0.25) is 9.69 Å². The molecule has 4 nitrogen and oxygen atoms in total. The maximum absolute atomic E-state index is 11.8. The van der Waals surface area contributed by atoms with Crippen molar-refractivity contribution in [2.24, 2.45) is 5.92 Å². The molecule has 90 valence electrons. The fourth-order valence-electron chi connectivity index (χ4n) is 1.71. The fraction of sp³-hybridized carbons (Fsp3) is 0.909. The minimum Gasteiger partial charge on any atom is -0.355 e. The lowest BCUT2D eigenvalue weighted by atomic mass is 10.0. The van der Waals surface area contributed by atoms with E-state index in [2.05, 4.69) is 24.5 Å². The van der Waals surface area contributed by atoms with Gasteiger partial charge in [0.2, 0.25) is 5.91 Å². The monoisotopic (exact) mass is 215 g/mol. The highest BCUT2D eigenvalue weighted by Gasteiger charge is 2.23. The summed E-state index contributed by atoms with van der Waals surface area (Å²) in [5.41, 5.74) is 0. The first-order chi connectivity index (χ1) is 7.00. The van der Waals surface area contributed by atoms with Crippen molar-refractivity contribution in [1.29, 1.82) is 0 Å². The Balaban J connectivity index is 3.93. The number of carbonyl (C=O) groups is 1. The summed E-state index contributed by atoms with van der Waals surface area (Å²) >= 11 is 0. The number of likely N-dealkylation sites (N-methyl/N-ethyl adjacent to an activating group) is 1. The van der Waals surface area contributed by atoms with Gasteiger partial charge in [-0.15, -0.1) is 0 Å². The second kappa shape index (κ2) is 7.65. The molecule has 4 heteroatoms. The Morgan fingerprint density at radius 3 is 2.27 bits per heavy atom. The zero-order valence-corrected chi connectivity index (χ0v) is 10.6. The van der Waals surface area contributed by atoms with Crippen molar-refractivity contribution in [2.45, 2.75) is 26.3 Å². The molecule has 0 heterocycles. The summed E-state index contributed by atoms with van der Waals surface area (Å²) in [6.45, 7) is 5.82. The third-order valence-corrected chi connectivity index (χ3v) is 2.36. The normalized spacial score (nSPS) is 13.3. The predicted octanol–water partition coefficient (Wildman–Crippen LogP) is 0.298. The third kappa shape index (κ3) is 5.74. The highest BCUT2D eigenvalue weighted by molar-refractivity contribution is 5.81. The molecule has 15 heavy (non-hydrogen) atoms. The van der Waals surface area contributed by atoms with Gasteiger partial charge in [-0.2, -0.15) is 0 Å². The van der Waals surface area contributed by atoms with E-state index in [1.807, 2.05) is 26.0 Å². The fourth-order valence-corrected chi connectivity index (χ4v) is 1.71. The van der Waals surface area contributed by atoms with Gasteiger partial charge in [-0.1, -0.05) is 13.8 Å². The molecular weight excluding hydrogens is 190 g/mol. The highest BCUT2D eigenvalue weighted by atomic mass is 16.2. The van der Waals surface area contributed by atoms with Crippen LogP contribution in [-0.2, 0) is 4.79 Å². The van der Waals surface area contributed by atoms with Crippen molar-refractivity contribution >= 4 is 5.91 Å². The van der Waals surface area contributed by atoms with Crippen LogP contribution in [0.4, 0.5) is 0 Å². The van der Waals surface area contributed by atoms with E-state index in [1.54, 1.807) is 0 Å². The molecule has 0 aromatic rings. The van der Waals surface area contributed by atoms with Crippen molar-refractivity contribution in [2.75, 3.05) is 34.2 Å². The van der Waals surface area contributed by atoms with Crippen LogP contribution in [0.3, 0.4) is 0 Å². The van der Waals surface area contributed by atoms with Crippen molar-refractivity contribution < 1.29 is 4.79 Å². The van der Waals surface area contributed by atoms with Crippen LogP contribution in [0.15, 0.2) is 0 Å². The van der Waals surface area contributed by atoms with E-state index in [-0.39, 0.29) is 11.9 Å².